The standard InChI is InChI=1S/C16H16ClN3/c1-4-13-10(2)18-16-14(12-8-6-5-7-9-12)11(3)19-20(16)15(13)17/h5-9H,4H2,1-3H3. The Labute approximate surface area is 123 Å². The van der Waals surface area contributed by atoms with Gasteiger partial charge in [-0.1, -0.05) is 48.9 Å². The smallest absolute Gasteiger partial charge is 0.165 e. The minimum absolute atomic E-state index is 0.667. The Hall–Kier alpha value is -1.87. The summed E-state index contributed by atoms with van der Waals surface area (Å²) < 4.78 is 1.76. The average molecular weight is 286 g/mol. The SMILES string of the molecule is CCc1c(C)nc2c(-c3ccccc3)c(C)nn2c1Cl. The van der Waals surface area contributed by atoms with Gasteiger partial charge in [0.1, 0.15) is 5.15 Å². The van der Waals surface area contributed by atoms with Crippen molar-refractivity contribution >= 4 is 17.2 Å². The summed E-state index contributed by atoms with van der Waals surface area (Å²) in [5.74, 6) is 0. The number of aryl methyl sites for hydroxylation is 2. The van der Waals surface area contributed by atoms with Crippen LogP contribution in [0.25, 0.3) is 16.8 Å². The quantitative estimate of drug-likeness (QED) is 0.660. The molecule has 3 nitrogen and oxygen atoms in total. The van der Waals surface area contributed by atoms with E-state index >= 15 is 0 Å². The summed E-state index contributed by atoms with van der Waals surface area (Å²) in [5, 5.41) is 5.23. The highest BCUT2D eigenvalue weighted by molar-refractivity contribution is 6.30. The third-order valence-electron chi connectivity index (χ3n) is 3.60. The molecule has 0 amide bonds. The third kappa shape index (κ3) is 1.90. The van der Waals surface area contributed by atoms with Gasteiger partial charge in [-0.25, -0.2) is 9.50 Å². The lowest BCUT2D eigenvalue weighted by Gasteiger charge is -2.08. The molecule has 0 fully saturated rings. The van der Waals surface area contributed by atoms with Crippen LogP contribution in [-0.2, 0) is 6.42 Å². The molecular weight excluding hydrogens is 270 g/mol. The Morgan fingerprint density at radius 3 is 2.45 bits per heavy atom. The van der Waals surface area contributed by atoms with Crippen molar-refractivity contribution in [3.8, 4) is 11.1 Å². The first-order chi connectivity index (χ1) is 9.63. The first-order valence-electron chi connectivity index (χ1n) is 6.73. The highest BCUT2D eigenvalue weighted by Gasteiger charge is 2.17. The molecule has 0 spiro atoms. The molecule has 102 valence electrons. The van der Waals surface area contributed by atoms with Crippen molar-refractivity contribution in [1.82, 2.24) is 14.6 Å². The van der Waals surface area contributed by atoms with E-state index in [1.54, 1.807) is 4.52 Å². The summed E-state index contributed by atoms with van der Waals surface area (Å²) in [6.45, 7) is 6.08. The summed E-state index contributed by atoms with van der Waals surface area (Å²) in [5.41, 5.74) is 5.97. The van der Waals surface area contributed by atoms with Crippen molar-refractivity contribution in [3.63, 3.8) is 0 Å². The van der Waals surface area contributed by atoms with Gasteiger partial charge in [-0.15, -0.1) is 0 Å². The van der Waals surface area contributed by atoms with Crippen LogP contribution in [0.4, 0.5) is 0 Å². The highest BCUT2D eigenvalue weighted by atomic mass is 35.5. The number of hydrogen-bond acceptors (Lipinski definition) is 2. The number of hydrogen-bond donors (Lipinski definition) is 0. The lowest BCUT2D eigenvalue weighted by atomic mass is 10.1. The molecule has 20 heavy (non-hydrogen) atoms. The van der Waals surface area contributed by atoms with Gasteiger partial charge >= 0.3 is 0 Å². The van der Waals surface area contributed by atoms with E-state index in [9.17, 15) is 0 Å². The van der Waals surface area contributed by atoms with Crippen molar-refractivity contribution in [1.29, 1.82) is 0 Å². The van der Waals surface area contributed by atoms with E-state index in [2.05, 4.69) is 24.2 Å². The molecule has 2 heterocycles. The summed E-state index contributed by atoms with van der Waals surface area (Å²) in [7, 11) is 0. The van der Waals surface area contributed by atoms with Crippen molar-refractivity contribution < 1.29 is 0 Å². The van der Waals surface area contributed by atoms with Gasteiger partial charge < -0.3 is 0 Å². The van der Waals surface area contributed by atoms with E-state index in [1.165, 1.54) is 0 Å². The van der Waals surface area contributed by atoms with E-state index in [0.29, 0.717) is 5.15 Å². The minimum Gasteiger partial charge on any atom is -0.233 e. The van der Waals surface area contributed by atoms with E-state index < -0.39 is 0 Å². The van der Waals surface area contributed by atoms with Crippen LogP contribution in [0.1, 0.15) is 23.9 Å². The van der Waals surface area contributed by atoms with Gasteiger partial charge in [0, 0.05) is 16.8 Å². The first kappa shape index (κ1) is 13.1. The van der Waals surface area contributed by atoms with Crippen molar-refractivity contribution in [2.24, 2.45) is 0 Å². The second kappa shape index (κ2) is 4.91. The second-order valence-electron chi connectivity index (χ2n) is 4.88. The molecule has 4 heteroatoms. The minimum atomic E-state index is 0.667. The number of benzene rings is 1. The first-order valence-corrected chi connectivity index (χ1v) is 7.11. The van der Waals surface area contributed by atoms with Crippen LogP contribution >= 0.6 is 11.6 Å². The van der Waals surface area contributed by atoms with E-state index in [0.717, 1.165) is 40.1 Å². The van der Waals surface area contributed by atoms with Gasteiger partial charge in [-0.2, -0.15) is 5.10 Å². The van der Waals surface area contributed by atoms with Gasteiger partial charge in [-0.3, -0.25) is 0 Å². The van der Waals surface area contributed by atoms with Crippen LogP contribution in [-0.4, -0.2) is 14.6 Å². The summed E-state index contributed by atoms with van der Waals surface area (Å²) in [6, 6.07) is 10.2. The van der Waals surface area contributed by atoms with Crippen LogP contribution in [0.5, 0.6) is 0 Å². The largest absolute Gasteiger partial charge is 0.233 e. The maximum atomic E-state index is 6.48. The Morgan fingerprint density at radius 1 is 1.10 bits per heavy atom. The van der Waals surface area contributed by atoms with Gasteiger partial charge in [0.15, 0.2) is 5.65 Å². The molecule has 0 saturated heterocycles. The molecule has 0 aliphatic carbocycles. The fraction of sp³-hybridized carbons (Fsp3) is 0.250. The Bertz CT molecular complexity index is 776. The number of fused-ring (bicyclic) bond motifs is 1. The molecular formula is C16H16ClN3. The second-order valence-corrected chi connectivity index (χ2v) is 5.24. The summed E-state index contributed by atoms with van der Waals surface area (Å²) in [4.78, 5) is 4.72. The highest BCUT2D eigenvalue weighted by Crippen LogP contribution is 2.30. The van der Waals surface area contributed by atoms with Crippen LogP contribution < -0.4 is 0 Å². The third-order valence-corrected chi connectivity index (χ3v) is 3.99. The molecule has 0 bridgehead atoms. The number of rotatable bonds is 2. The lowest BCUT2D eigenvalue weighted by molar-refractivity contribution is 0.882. The van der Waals surface area contributed by atoms with Gasteiger partial charge in [-0.05, 0) is 25.8 Å². The lowest BCUT2D eigenvalue weighted by Crippen LogP contribution is -2.01. The summed E-state index contributed by atoms with van der Waals surface area (Å²) >= 11 is 6.48. The Kier molecular flexibility index (Phi) is 3.22. The van der Waals surface area contributed by atoms with E-state index in [4.69, 9.17) is 16.6 Å². The number of halogens is 1. The molecule has 0 atom stereocenters. The van der Waals surface area contributed by atoms with Crippen LogP contribution in [0.3, 0.4) is 0 Å². The number of nitrogens with zero attached hydrogens (tertiary/aromatic N) is 3. The molecule has 0 unspecified atom stereocenters. The van der Waals surface area contributed by atoms with Gasteiger partial charge in [0.25, 0.3) is 0 Å². The Balaban J connectivity index is 2.38. The fourth-order valence-corrected chi connectivity index (χ4v) is 2.99. The zero-order valence-corrected chi connectivity index (χ0v) is 12.6. The van der Waals surface area contributed by atoms with Crippen LogP contribution in [0.2, 0.25) is 5.15 Å². The van der Waals surface area contributed by atoms with Crippen LogP contribution in [0.15, 0.2) is 30.3 Å². The van der Waals surface area contributed by atoms with Gasteiger partial charge in [0.2, 0.25) is 0 Å². The molecule has 3 rings (SSSR count). The van der Waals surface area contributed by atoms with Crippen molar-refractivity contribution in [2.75, 3.05) is 0 Å². The predicted octanol–water partition coefficient (Wildman–Crippen LogP) is 4.23. The van der Waals surface area contributed by atoms with Crippen molar-refractivity contribution in [2.45, 2.75) is 27.2 Å². The zero-order chi connectivity index (χ0) is 14.3. The van der Waals surface area contributed by atoms with Gasteiger partial charge in [0.05, 0.1) is 5.69 Å². The fourth-order valence-electron chi connectivity index (χ4n) is 2.60. The molecule has 3 aromatic rings. The molecule has 0 aliphatic heterocycles. The molecule has 1 aromatic carbocycles. The summed E-state index contributed by atoms with van der Waals surface area (Å²) in [6.07, 6.45) is 0.854. The number of aromatic nitrogens is 3. The molecule has 0 aliphatic rings. The molecule has 0 N–H and O–H groups in total. The Morgan fingerprint density at radius 2 is 1.80 bits per heavy atom. The molecule has 0 saturated carbocycles. The van der Waals surface area contributed by atoms with Crippen LogP contribution in [0, 0.1) is 13.8 Å². The zero-order valence-electron chi connectivity index (χ0n) is 11.8. The monoisotopic (exact) mass is 285 g/mol. The maximum absolute atomic E-state index is 6.48. The predicted molar refractivity (Wildman–Crippen MR) is 82.3 cm³/mol. The normalized spacial score (nSPS) is 11.2. The maximum Gasteiger partial charge on any atom is 0.165 e. The topological polar surface area (TPSA) is 30.2 Å². The molecule has 2 aromatic heterocycles. The van der Waals surface area contributed by atoms with E-state index in [1.807, 2.05) is 32.0 Å². The average Bonchev–Trinajstić information content (AvgIpc) is 2.77. The van der Waals surface area contributed by atoms with E-state index in [-0.39, 0.29) is 0 Å². The van der Waals surface area contributed by atoms with Crippen molar-refractivity contribution in [3.05, 3.63) is 52.4 Å². The molecule has 0 radical (unpaired) electrons.